The number of benzene rings is 2. The topological polar surface area (TPSA) is 121 Å². The summed E-state index contributed by atoms with van der Waals surface area (Å²) < 4.78 is 27.5. The van der Waals surface area contributed by atoms with Crippen LogP contribution < -0.4 is 14.9 Å². The van der Waals surface area contributed by atoms with Crippen molar-refractivity contribution in [3.8, 4) is 0 Å². The molecule has 0 unspecified atom stereocenters. The number of nitrogens with one attached hydrogen (secondary N) is 2. The van der Waals surface area contributed by atoms with Crippen molar-refractivity contribution in [1.29, 1.82) is 0 Å². The molecular formula is C22H18ClN5O4S. The van der Waals surface area contributed by atoms with Crippen molar-refractivity contribution >= 4 is 50.8 Å². The van der Waals surface area contributed by atoms with Crippen LogP contribution in [0.5, 0.6) is 0 Å². The van der Waals surface area contributed by atoms with Gasteiger partial charge < -0.3 is 5.32 Å². The van der Waals surface area contributed by atoms with Crippen LogP contribution in [-0.4, -0.2) is 30.2 Å². The lowest BCUT2D eigenvalue weighted by Gasteiger charge is -2.15. The number of carbonyl (C=O) groups is 2. The molecule has 0 saturated heterocycles. The van der Waals surface area contributed by atoms with Gasteiger partial charge in [0.15, 0.2) is 0 Å². The van der Waals surface area contributed by atoms with Gasteiger partial charge in [-0.25, -0.2) is 28.0 Å². The molecule has 0 bridgehead atoms. The predicted molar refractivity (Wildman–Crippen MR) is 124 cm³/mol. The molecule has 0 radical (unpaired) electrons. The molecule has 9 nitrogen and oxygen atoms in total. The Morgan fingerprint density at radius 1 is 0.970 bits per heavy atom. The van der Waals surface area contributed by atoms with E-state index in [1.165, 1.54) is 30.5 Å². The lowest BCUT2D eigenvalue weighted by Crippen LogP contribution is -2.32. The maximum atomic E-state index is 12.9. The molecule has 168 valence electrons. The summed E-state index contributed by atoms with van der Waals surface area (Å²) >= 11 is 6.15. The normalized spacial score (nSPS) is 14.1. The van der Waals surface area contributed by atoms with E-state index >= 15 is 0 Å². The minimum atomic E-state index is -3.92. The lowest BCUT2D eigenvalue weighted by molar-refractivity contribution is -0.120. The number of halogens is 1. The average molecular weight is 484 g/mol. The third-order valence-corrected chi connectivity index (χ3v) is 6.44. The molecule has 2 amide bonds. The molecule has 2 N–H and O–H groups in total. The first-order chi connectivity index (χ1) is 15.7. The Morgan fingerprint density at radius 3 is 2.36 bits per heavy atom. The Kier molecular flexibility index (Phi) is 5.88. The predicted octanol–water partition coefficient (Wildman–Crippen LogP) is 3.33. The Labute approximate surface area is 195 Å². The molecule has 3 aromatic rings. The standard InChI is InChI=1S/C22H18ClN5O4S/c1-13-4-3-5-16(12-13)28-20(29)18(23)19(21(28)30)26-15-6-8-17(9-7-15)33(31,32)27-22-24-11-10-14(2)25-22/h3-12,26H,1-2H3,(H,24,25,27). The van der Waals surface area contributed by atoms with Gasteiger partial charge in [0, 0.05) is 17.6 Å². The molecule has 0 fully saturated rings. The van der Waals surface area contributed by atoms with Gasteiger partial charge >= 0.3 is 0 Å². The fourth-order valence-corrected chi connectivity index (χ4v) is 4.32. The zero-order chi connectivity index (χ0) is 23.8. The Bertz CT molecular complexity index is 1400. The first-order valence-corrected chi connectivity index (χ1v) is 11.6. The highest BCUT2D eigenvalue weighted by Crippen LogP contribution is 2.30. The number of nitrogens with zero attached hydrogens (tertiary/aromatic N) is 3. The third kappa shape index (κ3) is 4.57. The summed E-state index contributed by atoms with van der Waals surface area (Å²) in [5, 5.41) is 2.56. The summed E-state index contributed by atoms with van der Waals surface area (Å²) in [5.74, 6) is -1.29. The quantitative estimate of drug-likeness (QED) is 0.516. The van der Waals surface area contributed by atoms with Crippen LogP contribution in [-0.2, 0) is 19.6 Å². The fourth-order valence-electron chi connectivity index (χ4n) is 3.15. The SMILES string of the molecule is Cc1cccc(N2C(=O)C(Cl)=C(Nc3ccc(S(=O)(=O)Nc4nccc(C)n4)cc3)C2=O)c1. The summed E-state index contributed by atoms with van der Waals surface area (Å²) in [7, 11) is -3.92. The molecule has 0 atom stereocenters. The Morgan fingerprint density at radius 2 is 1.70 bits per heavy atom. The van der Waals surface area contributed by atoms with Crippen molar-refractivity contribution in [3.63, 3.8) is 0 Å². The summed E-state index contributed by atoms with van der Waals surface area (Å²) in [5.41, 5.74) is 2.19. The van der Waals surface area contributed by atoms with Gasteiger partial charge in [-0.05, 0) is 61.9 Å². The number of hydrogen-bond acceptors (Lipinski definition) is 7. The van der Waals surface area contributed by atoms with E-state index in [1.54, 1.807) is 31.2 Å². The van der Waals surface area contributed by atoms with Crippen molar-refractivity contribution in [2.45, 2.75) is 18.7 Å². The number of amides is 2. The van der Waals surface area contributed by atoms with Crippen molar-refractivity contribution in [2.24, 2.45) is 0 Å². The van der Waals surface area contributed by atoms with Crippen LogP contribution in [0.15, 0.2) is 76.4 Å². The number of imide groups is 1. The van der Waals surface area contributed by atoms with E-state index in [9.17, 15) is 18.0 Å². The summed E-state index contributed by atoms with van der Waals surface area (Å²) in [6.07, 6.45) is 1.45. The average Bonchev–Trinajstić information content (AvgIpc) is 2.97. The number of aryl methyl sites for hydroxylation is 2. The minimum Gasteiger partial charge on any atom is -0.350 e. The van der Waals surface area contributed by atoms with E-state index in [0.29, 0.717) is 17.1 Å². The second kappa shape index (κ2) is 8.64. The first kappa shape index (κ1) is 22.4. The summed E-state index contributed by atoms with van der Waals surface area (Å²) in [6, 6.07) is 14.2. The van der Waals surface area contributed by atoms with E-state index in [0.717, 1.165) is 10.5 Å². The molecule has 1 aliphatic rings. The third-order valence-electron chi connectivity index (χ3n) is 4.74. The highest BCUT2D eigenvalue weighted by atomic mass is 35.5. The van der Waals surface area contributed by atoms with Gasteiger partial charge in [-0.3, -0.25) is 9.59 Å². The van der Waals surface area contributed by atoms with Crippen LogP contribution >= 0.6 is 11.6 Å². The van der Waals surface area contributed by atoms with Crippen LogP contribution in [0.1, 0.15) is 11.3 Å². The van der Waals surface area contributed by atoms with Crippen LogP contribution in [0.3, 0.4) is 0 Å². The number of aromatic nitrogens is 2. The van der Waals surface area contributed by atoms with Gasteiger partial charge in [-0.15, -0.1) is 0 Å². The van der Waals surface area contributed by atoms with E-state index < -0.39 is 21.8 Å². The van der Waals surface area contributed by atoms with E-state index in [4.69, 9.17) is 11.6 Å². The van der Waals surface area contributed by atoms with Crippen LogP contribution in [0.4, 0.5) is 17.3 Å². The molecule has 11 heteroatoms. The molecular weight excluding hydrogens is 466 g/mol. The molecule has 0 aliphatic carbocycles. The number of rotatable bonds is 6. The lowest BCUT2D eigenvalue weighted by atomic mass is 10.2. The molecule has 2 aromatic carbocycles. The highest BCUT2D eigenvalue weighted by Gasteiger charge is 2.39. The number of hydrogen-bond donors (Lipinski definition) is 2. The molecule has 1 aliphatic heterocycles. The number of anilines is 3. The van der Waals surface area contributed by atoms with Gasteiger partial charge in [0.2, 0.25) is 5.95 Å². The summed E-state index contributed by atoms with van der Waals surface area (Å²) in [4.78, 5) is 34.3. The van der Waals surface area contributed by atoms with Gasteiger partial charge in [0.05, 0.1) is 10.6 Å². The highest BCUT2D eigenvalue weighted by molar-refractivity contribution is 7.92. The summed E-state index contributed by atoms with van der Waals surface area (Å²) in [6.45, 7) is 3.56. The first-order valence-electron chi connectivity index (χ1n) is 9.70. The Balaban J connectivity index is 1.53. The van der Waals surface area contributed by atoms with Gasteiger partial charge in [0.1, 0.15) is 10.7 Å². The largest absolute Gasteiger partial charge is 0.350 e. The van der Waals surface area contributed by atoms with Gasteiger partial charge in [0.25, 0.3) is 21.8 Å². The molecule has 0 saturated carbocycles. The number of sulfonamides is 1. The number of carbonyl (C=O) groups excluding carboxylic acids is 2. The molecule has 33 heavy (non-hydrogen) atoms. The second-order valence-electron chi connectivity index (χ2n) is 7.25. The van der Waals surface area contributed by atoms with Crippen molar-refractivity contribution in [2.75, 3.05) is 14.9 Å². The molecule has 2 heterocycles. The van der Waals surface area contributed by atoms with Crippen molar-refractivity contribution < 1.29 is 18.0 Å². The van der Waals surface area contributed by atoms with Gasteiger partial charge in [-0.1, -0.05) is 23.7 Å². The monoisotopic (exact) mass is 483 g/mol. The zero-order valence-corrected chi connectivity index (χ0v) is 19.1. The maximum absolute atomic E-state index is 12.9. The Hall–Kier alpha value is -3.76. The molecule has 0 spiro atoms. The van der Waals surface area contributed by atoms with E-state index in [2.05, 4.69) is 20.0 Å². The smallest absolute Gasteiger partial charge is 0.283 e. The van der Waals surface area contributed by atoms with Crippen LogP contribution in [0.25, 0.3) is 0 Å². The van der Waals surface area contributed by atoms with Crippen LogP contribution in [0, 0.1) is 13.8 Å². The van der Waals surface area contributed by atoms with Gasteiger partial charge in [-0.2, -0.15) is 0 Å². The van der Waals surface area contributed by atoms with Crippen molar-refractivity contribution in [1.82, 2.24) is 9.97 Å². The fraction of sp³-hybridized carbons (Fsp3) is 0.0909. The molecule has 4 rings (SSSR count). The van der Waals surface area contributed by atoms with E-state index in [1.807, 2.05) is 13.0 Å². The maximum Gasteiger partial charge on any atom is 0.283 e. The van der Waals surface area contributed by atoms with E-state index in [-0.39, 0.29) is 21.6 Å². The zero-order valence-electron chi connectivity index (χ0n) is 17.5. The second-order valence-corrected chi connectivity index (χ2v) is 9.31. The van der Waals surface area contributed by atoms with Crippen molar-refractivity contribution in [3.05, 3.63) is 82.8 Å². The van der Waals surface area contributed by atoms with Crippen LogP contribution in [0.2, 0.25) is 0 Å². The molecule has 1 aromatic heterocycles. The minimum absolute atomic E-state index is 0.0338.